The molecule has 0 saturated heterocycles. The van der Waals surface area contributed by atoms with Crippen LogP contribution < -0.4 is 16.4 Å². The monoisotopic (exact) mass is 195 g/mol. The summed E-state index contributed by atoms with van der Waals surface area (Å²) in [7, 11) is 0. The molecule has 5 heteroatoms. The van der Waals surface area contributed by atoms with Gasteiger partial charge in [0.1, 0.15) is 5.69 Å². The average molecular weight is 195 g/mol. The van der Waals surface area contributed by atoms with E-state index in [1.165, 1.54) is 0 Å². The third-order valence-corrected chi connectivity index (χ3v) is 1.96. The minimum absolute atomic E-state index is 0.0587. The molecule has 0 bridgehead atoms. The fourth-order valence-electron chi connectivity index (χ4n) is 1.01. The van der Waals surface area contributed by atoms with Crippen LogP contribution in [-0.2, 0) is 0 Å². The Morgan fingerprint density at radius 1 is 1.36 bits per heavy atom. The van der Waals surface area contributed by atoms with Crippen LogP contribution in [0.3, 0.4) is 0 Å². The van der Waals surface area contributed by atoms with Gasteiger partial charge in [0.15, 0.2) is 0 Å². The number of aromatic amines is 2. The molecule has 1 rings (SSSR count). The molecular weight excluding hydrogens is 182 g/mol. The van der Waals surface area contributed by atoms with Crippen molar-refractivity contribution in [2.24, 2.45) is 0 Å². The van der Waals surface area contributed by atoms with Gasteiger partial charge in [-0.25, -0.2) is 0 Å². The minimum Gasteiger partial charge on any atom is -0.374 e. The minimum atomic E-state index is -0.337. The molecule has 0 amide bonds. The largest absolute Gasteiger partial charge is 0.374 e. The van der Waals surface area contributed by atoms with Crippen molar-refractivity contribution in [3.63, 3.8) is 0 Å². The van der Waals surface area contributed by atoms with E-state index in [0.29, 0.717) is 11.3 Å². The highest BCUT2D eigenvalue weighted by atomic mass is 16.1. The lowest BCUT2D eigenvalue weighted by atomic mass is 10.2. The van der Waals surface area contributed by atoms with Crippen molar-refractivity contribution in [1.29, 1.82) is 0 Å². The van der Waals surface area contributed by atoms with Crippen molar-refractivity contribution in [3.05, 3.63) is 38.9 Å². The van der Waals surface area contributed by atoms with Gasteiger partial charge in [0.05, 0.1) is 0 Å². The summed E-state index contributed by atoms with van der Waals surface area (Å²) >= 11 is 0. The maximum absolute atomic E-state index is 11.3. The van der Waals surface area contributed by atoms with Gasteiger partial charge < -0.3 is 5.32 Å². The Balaban J connectivity index is 3.20. The van der Waals surface area contributed by atoms with Gasteiger partial charge in [-0.1, -0.05) is 6.08 Å². The van der Waals surface area contributed by atoms with Crippen LogP contribution in [0, 0.1) is 6.92 Å². The zero-order valence-electron chi connectivity index (χ0n) is 8.18. The lowest BCUT2D eigenvalue weighted by molar-refractivity contribution is 0.911. The first-order valence-electron chi connectivity index (χ1n) is 4.27. The fourth-order valence-corrected chi connectivity index (χ4v) is 1.01. The lowest BCUT2D eigenvalue weighted by Gasteiger charge is -2.10. The van der Waals surface area contributed by atoms with Crippen molar-refractivity contribution in [2.45, 2.75) is 19.9 Å². The Morgan fingerprint density at radius 3 is 2.50 bits per heavy atom. The van der Waals surface area contributed by atoms with E-state index in [4.69, 9.17) is 0 Å². The highest BCUT2D eigenvalue weighted by molar-refractivity contribution is 5.48. The maximum atomic E-state index is 11.3. The summed E-state index contributed by atoms with van der Waals surface area (Å²) in [5.74, 6) is 0. The van der Waals surface area contributed by atoms with Crippen LogP contribution in [0.1, 0.15) is 12.5 Å². The Labute approximate surface area is 80.8 Å². The standard InChI is InChI=1S/C9H13N3O2/c1-4-5(2)10-7-6(3)8(13)11-12-9(7)14/h4-5H,1H2,2-3H3,(H,12,14)(H2,10,11,13). The van der Waals surface area contributed by atoms with E-state index in [1.54, 1.807) is 13.0 Å². The average Bonchev–Trinajstić information content (AvgIpc) is 2.18. The summed E-state index contributed by atoms with van der Waals surface area (Å²) in [6, 6.07) is -0.0587. The molecule has 0 aromatic carbocycles. The molecule has 0 aliphatic carbocycles. The molecule has 0 aliphatic heterocycles. The van der Waals surface area contributed by atoms with E-state index in [0.717, 1.165) is 0 Å². The zero-order chi connectivity index (χ0) is 10.7. The Bertz CT molecular complexity index is 444. The van der Waals surface area contributed by atoms with Crippen molar-refractivity contribution in [3.8, 4) is 0 Å². The highest BCUT2D eigenvalue weighted by Crippen LogP contribution is 2.03. The number of hydrogen-bond acceptors (Lipinski definition) is 3. The summed E-state index contributed by atoms with van der Waals surface area (Å²) in [6.45, 7) is 7.01. The molecule has 5 nitrogen and oxygen atoms in total. The second-order valence-corrected chi connectivity index (χ2v) is 3.08. The predicted molar refractivity (Wildman–Crippen MR) is 55.7 cm³/mol. The Morgan fingerprint density at radius 2 is 1.93 bits per heavy atom. The zero-order valence-corrected chi connectivity index (χ0v) is 8.18. The molecular formula is C9H13N3O2. The van der Waals surface area contributed by atoms with Gasteiger partial charge in [-0.3, -0.25) is 19.8 Å². The molecule has 0 spiro atoms. The third-order valence-electron chi connectivity index (χ3n) is 1.96. The van der Waals surface area contributed by atoms with E-state index in [1.807, 2.05) is 6.92 Å². The van der Waals surface area contributed by atoms with Crippen LogP contribution in [0.25, 0.3) is 0 Å². The van der Waals surface area contributed by atoms with Crippen LogP contribution in [0.4, 0.5) is 5.69 Å². The third kappa shape index (κ3) is 1.93. The van der Waals surface area contributed by atoms with Gasteiger partial charge in [-0.2, -0.15) is 0 Å². The molecule has 1 unspecified atom stereocenters. The molecule has 76 valence electrons. The number of nitrogens with one attached hydrogen (secondary N) is 3. The first-order chi connectivity index (χ1) is 6.56. The molecule has 0 aliphatic rings. The van der Waals surface area contributed by atoms with E-state index in [9.17, 15) is 9.59 Å². The van der Waals surface area contributed by atoms with Crippen LogP contribution in [0.15, 0.2) is 22.2 Å². The highest BCUT2D eigenvalue weighted by Gasteiger charge is 2.08. The number of aromatic nitrogens is 2. The molecule has 1 aromatic rings. The molecule has 0 saturated carbocycles. The first kappa shape index (κ1) is 10.3. The first-order valence-corrected chi connectivity index (χ1v) is 4.27. The van der Waals surface area contributed by atoms with Gasteiger partial charge in [0, 0.05) is 11.6 Å². The smallest absolute Gasteiger partial charge is 0.286 e. The van der Waals surface area contributed by atoms with Gasteiger partial charge in [0.25, 0.3) is 11.1 Å². The molecule has 0 fully saturated rings. The second kappa shape index (κ2) is 3.95. The summed E-state index contributed by atoms with van der Waals surface area (Å²) in [4.78, 5) is 22.5. The van der Waals surface area contributed by atoms with Gasteiger partial charge in [-0.05, 0) is 13.8 Å². The molecule has 3 N–H and O–H groups in total. The molecule has 1 heterocycles. The van der Waals surface area contributed by atoms with Crippen LogP contribution in [0.5, 0.6) is 0 Å². The van der Waals surface area contributed by atoms with E-state index >= 15 is 0 Å². The van der Waals surface area contributed by atoms with Crippen molar-refractivity contribution < 1.29 is 0 Å². The normalized spacial score (nSPS) is 12.1. The molecule has 14 heavy (non-hydrogen) atoms. The number of hydrogen-bond donors (Lipinski definition) is 3. The predicted octanol–water partition coefficient (Wildman–Crippen LogP) is 0.358. The number of rotatable bonds is 3. The maximum Gasteiger partial charge on any atom is 0.286 e. The van der Waals surface area contributed by atoms with E-state index < -0.39 is 0 Å². The Hall–Kier alpha value is -1.78. The lowest BCUT2D eigenvalue weighted by Crippen LogP contribution is -2.28. The van der Waals surface area contributed by atoms with Gasteiger partial charge in [0.2, 0.25) is 0 Å². The molecule has 1 atom stereocenters. The summed E-state index contributed by atoms with van der Waals surface area (Å²) < 4.78 is 0. The van der Waals surface area contributed by atoms with Crippen molar-refractivity contribution >= 4 is 5.69 Å². The number of H-pyrrole nitrogens is 2. The molecule has 1 aromatic heterocycles. The van der Waals surface area contributed by atoms with E-state index in [2.05, 4.69) is 22.1 Å². The van der Waals surface area contributed by atoms with Crippen LogP contribution in [0.2, 0.25) is 0 Å². The van der Waals surface area contributed by atoms with Crippen LogP contribution >= 0.6 is 0 Å². The second-order valence-electron chi connectivity index (χ2n) is 3.08. The SMILES string of the molecule is C=CC(C)Nc1c(C)c(=O)[nH][nH]c1=O. The molecule has 0 radical (unpaired) electrons. The fraction of sp³-hybridized carbons (Fsp3) is 0.333. The number of anilines is 1. The summed E-state index contributed by atoms with van der Waals surface area (Å²) in [5.41, 5.74) is 0.0303. The van der Waals surface area contributed by atoms with E-state index in [-0.39, 0.29) is 17.2 Å². The van der Waals surface area contributed by atoms with Crippen LogP contribution in [-0.4, -0.2) is 16.2 Å². The quantitative estimate of drug-likeness (QED) is 0.609. The summed E-state index contributed by atoms with van der Waals surface area (Å²) in [6.07, 6.45) is 1.65. The van der Waals surface area contributed by atoms with Gasteiger partial charge in [-0.15, -0.1) is 6.58 Å². The van der Waals surface area contributed by atoms with Crippen molar-refractivity contribution in [1.82, 2.24) is 10.2 Å². The van der Waals surface area contributed by atoms with Gasteiger partial charge >= 0.3 is 0 Å². The topological polar surface area (TPSA) is 77.8 Å². The Kier molecular flexibility index (Phi) is 2.91. The summed E-state index contributed by atoms with van der Waals surface area (Å²) in [5, 5.41) is 7.38. The van der Waals surface area contributed by atoms with Crippen molar-refractivity contribution in [2.75, 3.05) is 5.32 Å².